The Bertz CT molecular complexity index is 590. The molecule has 0 amide bonds. The Morgan fingerprint density at radius 2 is 1.70 bits per heavy atom. The molecule has 0 N–H and O–H groups in total. The first-order chi connectivity index (χ1) is 9.18. The Balaban J connectivity index is 2.48. The monoisotopic (exact) mass is 313 g/mol. The normalized spacial score (nSPS) is 12.5. The number of hydrogen-bond acceptors (Lipinski definition) is 3. The van der Waals surface area contributed by atoms with Gasteiger partial charge < -0.3 is 4.74 Å². The number of thiazole rings is 1. The van der Waals surface area contributed by atoms with E-state index in [1.165, 1.54) is 10.9 Å². The molecule has 0 aliphatic rings. The van der Waals surface area contributed by atoms with E-state index in [1.807, 2.05) is 0 Å². The van der Waals surface area contributed by atoms with Crippen molar-refractivity contribution in [2.45, 2.75) is 12.4 Å². The van der Waals surface area contributed by atoms with Crippen LogP contribution in [0.1, 0.15) is 11.1 Å². The summed E-state index contributed by atoms with van der Waals surface area (Å²) >= 11 is 1.04. The third kappa shape index (κ3) is 3.21. The third-order valence-electron chi connectivity index (χ3n) is 2.24. The minimum absolute atomic E-state index is 0.195. The molecule has 0 atom stereocenters. The smallest absolute Gasteiger partial charge is 0.419 e. The summed E-state index contributed by atoms with van der Waals surface area (Å²) in [5, 5.41) is 1.28. The van der Waals surface area contributed by atoms with Crippen LogP contribution in [0.4, 0.5) is 26.3 Å². The topological polar surface area (TPSA) is 22.1 Å². The highest BCUT2D eigenvalue weighted by Crippen LogP contribution is 2.41. The van der Waals surface area contributed by atoms with Gasteiger partial charge in [0.15, 0.2) is 0 Å². The van der Waals surface area contributed by atoms with Gasteiger partial charge in [-0.2, -0.15) is 26.3 Å². The van der Waals surface area contributed by atoms with Crippen molar-refractivity contribution in [1.29, 1.82) is 0 Å². The summed E-state index contributed by atoms with van der Waals surface area (Å²) in [4.78, 5) is 3.57. The molecule has 0 saturated carbocycles. The van der Waals surface area contributed by atoms with Crippen LogP contribution in [0, 0.1) is 0 Å². The zero-order valence-corrected chi connectivity index (χ0v) is 10.2. The van der Waals surface area contributed by atoms with Gasteiger partial charge >= 0.3 is 12.4 Å². The summed E-state index contributed by atoms with van der Waals surface area (Å²) in [6.45, 7) is 0. The van der Waals surface area contributed by atoms with Crippen molar-refractivity contribution in [2.24, 2.45) is 0 Å². The van der Waals surface area contributed by atoms with Crippen molar-refractivity contribution in [2.75, 3.05) is 0 Å². The molecule has 0 aliphatic heterocycles. The number of benzene rings is 1. The van der Waals surface area contributed by atoms with Gasteiger partial charge in [0.1, 0.15) is 5.75 Å². The zero-order valence-electron chi connectivity index (χ0n) is 9.42. The quantitative estimate of drug-likeness (QED) is 0.730. The van der Waals surface area contributed by atoms with Crippen molar-refractivity contribution in [1.82, 2.24) is 4.98 Å². The van der Waals surface area contributed by atoms with Gasteiger partial charge in [0.05, 0.1) is 22.0 Å². The van der Waals surface area contributed by atoms with E-state index in [4.69, 9.17) is 4.74 Å². The maximum Gasteiger partial charge on any atom is 0.419 e. The largest absolute Gasteiger partial charge is 0.438 e. The van der Waals surface area contributed by atoms with Crippen molar-refractivity contribution >= 4 is 11.3 Å². The fourth-order valence-electron chi connectivity index (χ4n) is 1.38. The first kappa shape index (κ1) is 14.6. The summed E-state index contributed by atoms with van der Waals surface area (Å²) in [6.07, 6.45) is -9.58. The average Bonchev–Trinajstić information content (AvgIpc) is 2.79. The Kier molecular flexibility index (Phi) is 3.63. The molecule has 9 heteroatoms. The van der Waals surface area contributed by atoms with Gasteiger partial charge in [0.25, 0.3) is 0 Å². The predicted octanol–water partition coefficient (Wildman–Crippen LogP) is 4.97. The van der Waals surface area contributed by atoms with Gasteiger partial charge in [-0.1, -0.05) is 0 Å². The highest BCUT2D eigenvalue weighted by molar-refractivity contribution is 7.07. The molecule has 2 rings (SSSR count). The van der Waals surface area contributed by atoms with E-state index in [1.54, 1.807) is 0 Å². The molecule has 20 heavy (non-hydrogen) atoms. The maximum absolute atomic E-state index is 12.7. The Morgan fingerprint density at radius 3 is 2.20 bits per heavy atom. The number of nitrogens with zero attached hydrogens (tertiary/aromatic N) is 1. The standard InChI is InChI=1S/C11H5F6NOS/c12-10(13,14)6-1-2-7(11(15,16)17)8(3-6)19-9-4-20-5-18-9/h1-5H. The fourth-order valence-corrected chi connectivity index (χ4v) is 1.83. The molecule has 0 spiro atoms. The van der Waals surface area contributed by atoms with Crippen molar-refractivity contribution in [3.63, 3.8) is 0 Å². The summed E-state index contributed by atoms with van der Waals surface area (Å²) in [7, 11) is 0. The number of halogens is 6. The number of aromatic nitrogens is 1. The van der Waals surface area contributed by atoms with E-state index < -0.39 is 29.2 Å². The van der Waals surface area contributed by atoms with Crippen LogP contribution in [-0.4, -0.2) is 4.98 Å². The lowest BCUT2D eigenvalue weighted by atomic mass is 10.1. The molecule has 0 aliphatic carbocycles. The van der Waals surface area contributed by atoms with Gasteiger partial charge in [-0.05, 0) is 18.2 Å². The second kappa shape index (κ2) is 4.97. The van der Waals surface area contributed by atoms with Crippen LogP contribution in [-0.2, 0) is 12.4 Å². The van der Waals surface area contributed by atoms with E-state index in [-0.39, 0.29) is 5.88 Å². The molecule has 2 aromatic rings. The van der Waals surface area contributed by atoms with Gasteiger partial charge in [-0.15, -0.1) is 11.3 Å². The van der Waals surface area contributed by atoms with Crippen LogP contribution in [0.15, 0.2) is 29.1 Å². The Hall–Kier alpha value is -1.77. The first-order valence-corrected chi connectivity index (χ1v) is 5.96. The minimum atomic E-state index is -4.82. The molecule has 108 valence electrons. The molecular formula is C11H5F6NOS. The first-order valence-electron chi connectivity index (χ1n) is 5.02. The Morgan fingerprint density at radius 1 is 1.00 bits per heavy atom. The molecule has 1 aromatic carbocycles. The van der Waals surface area contributed by atoms with E-state index in [2.05, 4.69) is 4.98 Å². The molecule has 0 bridgehead atoms. The minimum Gasteiger partial charge on any atom is -0.438 e. The molecule has 1 heterocycles. The van der Waals surface area contributed by atoms with Crippen molar-refractivity contribution in [3.8, 4) is 11.6 Å². The van der Waals surface area contributed by atoms with Crippen LogP contribution >= 0.6 is 11.3 Å². The second-order valence-corrected chi connectivity index (χ2v) is 4.35. The zero-order chi connectivity index (χ0) is 15.0. The van der Waals surface area contributed by atoms with Crippen LogP contribution in [0.25, 0.3) is 0 Å². The molecule has 0 radical (unpaired) electrons. The number of hydrogen-bond donors (Lipinski definition) is 0. The molecule has 0 unspecified atom stereocenters. The fraction of sp³-hybridized carbons (Fsp3) is 0.182. The van der Waals surface area contributed by atoms with E-state index in [0.717, 1.165) is 11.3 Å². The van der Waals surface area contributed by atoms with E-state index >= 15 is 0 Å². The van der Waals surface area contributed by atoms with Crippen LogP contribution < -0.4 is 4.74 Å². The summed E-state index contributed by atoms with van der Waals surface area (Å²) in [5.41, 5.74) is -1.23. The number of alkyl halides is 6. The van der Waals surface area contributed by atoms with Gasteiger partial charge in [-0.25, -0.2) is 4.98 Å². The van der Waals surface area contributed by atoms with Gasteiger partial charge in [0, 0.05) is 0 Å². The van der Waals surface area contributed by atoms with Gasteiger partial charge in [-0.3, -0.25) is 0 Å². The molecule has 1 aromatic heterocycles. The molecule has 0 saturated heterocycles. The van der Waals surface area contributed by atoms with Crippen LogP contribution in [0.2, 0.25) is 0 Å². The number of rotatable bonds is 2. The van der Waals surface area contributed by atoms with E-state index in [0.29, 0.717) is 18.2 Å². The van der Waals surface area contributed by atoms with Crippen LogP contribution in [0.3, 0.4) is 0 Å². The second-order valence-electron chi connectivity index (χ2n) is 3.64. The SMILES string of the molecule is FC(F)(F)c1ccc(C(F)(F)F)c(Oc2cscn2)c1. The Labute approximate surface area is 112 Å². The third-order valence-corrected chi connectivity index (χ3v) is 2.80. The highest BCUT2D eigenvalue weighted by atomic mass is 32.1. The maximum atomic E-state index is 12.7. The summed E-state index contributed by atoms with van der Waals surface area (Å²) in [5.74, 6) is -1.13. The highest BCUT2D eigenvalue weighted by Gasteiger charge is 2.38. The average molecular weight is 313 g/mol. The number of ether oxygens (including phenoxy) is 1. The van der Waals surface area contributed by atoms with Crippen molar-refractivity contribution in [3.05, 3.63) is 40.2 Å². The van der Waals surface area contributed by atoms with Crippen molar-refractivity contribution < 1.29 is 31.1 Å². The predicted molar refractivity (Wildman–Crippen MR) is 58.6 cm³/mol. The summed E-state index contributed by atoms with van der Waals surface area (Å²) < 4.78 is 80.5. The lowest BCUT2D eigenvalue weighted by Crippen LogP contribution is -2.10. The van der Waals surface area contributed by atoms with Gasteiger partial charge in [0.2, 0.25) is 5.88 Å². The molecule has 0 fully saturated rings. The van der Waals surface area contributed by atoms with E-state index in [9.17, 15) is 26.3 Å². The van der Waals surface area contributed by atoms with Crippen LogP contribution in [0.5, 0.6) is 11.6 Å². The molecular weight excluding hydrogens is 308 g/mol. The summed E-state index contributed by atoms with van der Waals surface area (Å²) in [6, 6.07) is 1.00. The molecule has 2 nitrogen and oxygen atoms in total. The lowest BCUT2D eigenvalue weighted by molar-refractivity contribution is -0.142. The lowest BCUT2D eigenvalue weighted by Gasteiger charge is -2.15.